The molecule has 20 heavy (non-hydrogen) atoms. The minimum atomic E-state index is -4.32. The molecule has 114 valence electrons. The van der Waals surface area contributed by atoms with Crippen molar-refractivity contribution in [2.75, 3.05) is 25.0 Å². The molecule has 0 spiro atoms. The first-order valence-electron chi connectivity index (χ1n) is 7.03. The molecule has 1 aromatic rings. The molecule has 0 amide bonds. The Balaban J connectivity index is 3.21. The summed E-state index contributed by atoms with van der Waals surface area (Å²) in [6.45, 7) is 5.67. The van der Waals surface area contributed by atoms with Gasteiger partial charge in [0.1, 0.15) is 0 Å². The SMILES string of the molecule is CCCN(CCC)c1ccc(CNC)cc1C(F)(F)F. The molecule has 0 bridgehead atoms. The summed E-state index contributed by atoms with van der Waals surface area (Å²) in [4.78, 5) is 1.83. The molecule has 0 heterocycles. The fourth-order valence-electron chi connectivity index (χ4n) is 2.29. The maximum atomic E-state index is 13.3. The number of hydrogen-bond donors (Lipinski definition) is 1. The van der Waals surface area contributed by atoms with Crippen molar-refractivity contribution in [3.8, 4) is 0 Å². The quantitative estimate of drug-likeness (QED) is 0.814. The summed E-state index contributed by atoms with van der Waals surface area (Å²) in [7, 11) is 1.72. The first-order valence-corrected chi connectivity index (χ1v) is 7.03. The van der Waals surface area contributed by atoms with Crippen molar-refractivity contribution in [3.05, 3.63) is 29.3 Å². The Hall–Kier alpha value is -1.23. The standard InChI is InChI=1S/C15H23F3N2/c1-4-8-20(9-5-2)14-7-6-12(11-19-3)10-13(14)15(16,17)18/h6-7,10,19H,4-5,8-9,11H2,1-3H3. The van der Waals surface area contributed by atoms with E-state index < -0.39 is 11.7 Å². The van der Waals surface area contributed by atoms with Crippen LogP contribution in [-0.2, 0) is 12.7 Å². The Kier molecular flexibility index (Phi) is 6.33. The number of nitrogens with one attached hydrogen (secondary N) is 1. The summed E-state index contributed by atoms with van der Waals surface area (Å²) in [6.07, 6.45) is -2.66. The largest absolute Gasteiger partial charge is 0.418 e. The summed E-state index contributed by atoms with van der Waals surface area (Å²) in [6, 6.07) is 4.62. The predicted molar refractivity (Wildman–Crippen MR) is 77.0 cm³/mol. The number of benzene rings is 1. The Morgan fingerprint density at radius 1 is 1.10 bits per heavy atom. The average Bonchev–Trinajstić information content (AvgIpc) is 2.38. The number of hydrogen-bond acceptors (Lipinski definition) is 2. The van der Waals surface area contributed by atoms with Gasteiger partial charge in [-0.15, -0.1) is 0 Å². The lowest BCUT2D eigenvalue weighted by atomic mass is 10.1. The van der Waals surface area contributed by atoms with Gasteiger partial charge in [-0.05, 0) is 37.6 Å². The molecule has 0 aliphatic heterocycles. The molecule has 1 aromatic carbocycles. The van der Waals surface area contributed by atoms with Crippen molar-refractivity contribution in [2.45, 2.75) is 39.4 Å². The van der Waals surface area contributed by atoms with Crippen LogP contribution in [0.15, 0.2) is 18.2 Å². The summed E-state index contributed by atoms with van der Waals surface area (Å²) in [5.74, 6) is 0. The number of nitrogens with zero attached hydrogens (tertiary/aromatic N) is 1. The average molecular weight is 288 g/mol. The van der Waals surface area contributed by atoms with Crippen LogP contribution in [0.25, 0.3) is 0 Å². The summed E-state index contributed by atoms with van der Waals surface area (Å²) < 4.78 is 39.8. The molecule has 0 radical (unpaired) electrons. The van der Waals surface area contributed by atoms with Crippen LogP contribution >= 0.6 is 0 Å². The van der Waals surface area contributed by atoms with E-state index in [2.05, 4.69) is 5.32 Å². The van der Waals surface area contributed by atoms with Crippen molar-refractivity contribution < 1.29 is 13.2 Å². The third-order valence-electron chi connectivity index (χ3n) is 3.08. The van der Waals surface area contributed by atoms with Crippen LogP contribution in [0.1, 0.15) is 37.8 Å². The van der Waals surface area contributed by atoms with Gasteiger partial charge in [0.2, 0.25) is 0 Å². The van der Waals surface area contributed by atoms with Crippen LogP contribution in [0.5, 0.6) is 0 Å². The molecule has 0 fully saturated rings. The van der Waals surface area contributed by atoms with Gasteiger partial charge in [-0.2, -0.15) is 13.2 Å². The predicted octanol–water partition coefficient (Wildman–Crippen LogP) is 4.05. The topological polar surface area (TPSA) is 15.3 Å². The monoisotopic (exact) mass is 288 g/mol. The number of anilines is 1. The van der Waals surface area contributed by atoms with E-state index >= 15 is 0 Å². The van der Waals surface area contributed by atoms with E-state index in [0.717, 1.165) is 12.8 Å². The summed E-state index contributed by atoms with van der Waals surface area (Å²) >= 11 is 0. The maximum absolute atomic E-state index is 13.3. The van der Waals surface area contributed by atoms with E-state index in [1.54, 1.807) is 19.2 Å². The number of rotatable bonds is 7. The van der Waals surface area contributed by atoms with Crippen molar-refractivity contribution in [3.63, 3.8) is 0 Å². The Bertz CT molecular complexity index is 410. The van der Waals surface area contributed by atoms with E-state index in [1.165, 1.54) is 6.07 Å². The normalized spacial score (nSPS) is 11.7. The highest BCUT2D eigenvalue weighted by Gasteiger charge is 2.35. The highest BCUT2D eigenvalue weighted by Crippen LogP contribution is 2.37. The van der Waals surface area contributed by atoms with Gasteiger partial charge in [0.25, 0.3) is 0 Å². The molecular weight excluding hydrogens is 265 g/mol. The highest BCUT2D eigenvalue weighted by molar-refractivity contribution is 5.56. The van der Waals surface area contributed by atoms with E-state index in [1.807, 2.05) is 18.7 Å². The highest BCUT2D eigenvalue weighted by atomic mass is 19.4. The van der Waals surface area contributed by atoms with Gasteiger partial charge in [-0.3, -0.25) is 0 Å². The Labute approximate surface area is 119 Å². The third kappa shape index (κ3) is 4.40. The number of halogens is 3. The maximum Gasteiger partial charge on any atom is 0.418 e. The minimum absolute atomic E-state index is 0.293. The zero-order chi connectivity index (χ0) is 15.2. The van der Waals surface area contributed by atoms with Crippen LogP contribution in [0, 0.1) is 0 Å². The molecule has 0 aromatic heterocycles. The first-order chi connectivity index (χ1) is 9.43. The van der Waals surface area contributed by atoms with Crippen LogP contribution in [0.3, 0.4) is 0 Å². The molecule has 0 aliphatic carbocycles. The van der Waals surface area contributed by atoms with E-state index in [-0.39, 0.29) is 0 Å². The molecule has 0 aliphatic rings. The second-order valence-corrected chi connectivity index (χ2v) is 4.87. The second kappa shape index (κ2) is 7.53. The van der Waals surface area contributed by atoms with Gasteiger partial charge in [0.15, 0.2) is 0 Å². The first kappa shape index (κ1) is 16.8. The number of alkyl halides is 3. The van der Waals surface area contributed by atoms with Gasteiger partial charge in [-0.25, -0.2) is 0 Å². The fourth-order valence-corrected chi connectivity index (χ4v) is 2.29. The van der Waals surface area contributed by atoms with Crippen molar-refractivity contribution in [1.82, 2.24) is 5.32 Å². The van der Waals surface area contributed by atoms with Gasteiger partial charge < -0.3 is 10.2 Å². The zero-order valence-corrected chi connectivity index (χ0v) is 12.3. The molecule has 0 saturated heterocycles. The molecule has 1 N–H and O–H groups in total. The molecule has 5 heteroatoms. The molecular formula is C15H23F3N2. The van der Waals surface area contributed by atoms with Crippen molar-refractivity contribution in [2.24, 2.45) is 0 Å². The van der Waals surface area contributed by atoms with Gasteiger partial charge >= 0.3 is 6.18 Å². The Morgan fingerprint density at radius 3 is 2.15 bits per heavy atom. The lowest BCUT2D eigenvalue weighted by molar-refractivity contribution is -0.137. The third-order valence-corrected chi connectivity index (χ3v) is 3.08. The molecule has 0 unspecified atom stereocenters. The molecule has 0 saturated carbocycles. The molecule has 1 rings (SSSR count). The minimum Gasteiger partial charge on any atom is -0.371 e. The van der Waals surface area contributed by atoms with Gasteiger partial charge in [0, 0.05) is 25.3 Å². The second-order valence-electron chi connectivity index (χ2n) is 4.87. The molecule has 2 nitrogen and oxygen atoms in total. The van der Waals surface area contributed by atoms with Crippen molar-refractivity contribution in [1.29, 1.82) is 0 Å². The smallest absolute Gasteiger partial charge is 0.371 e. The van der Waals surface area contributed by atoms with E-state index in [0.29, 0.717) is 30.9 Å². The fraction of sp³-hybridized carbons (Fsp3) is 0.600. The molecule has 0 atom stereocenters. The lowest BCUT2D eigenvalue weighted by Crippen LogP contribution is -2.27. The van der Waals surface area contributed by atoms with Crippen LogP contribution in [0.2, 0.25) is 0 Å². The summed E-state index contributed by atoms with van der Waals surface area (Å²) in [5.41, 5.74) is 0.407. The zero-order valence-electron chi connectivity index (χ0n) is 12.3. The Morgan fingerprint density at radius 2 is 1.70 bits per heavy atom. The van der Waals surface area contributed by atoms with E-state index in [4.69, 9.17) is 0 Å². The van der Waals surface area contributed by atoms with Gasteiger partial charge in [0.05, 0.1) is 5.56 Å². The van der Waals surface area contributed by atoms with Crippen molar-refractivity contribution >= 4 is 5.69 Å². The van der Waals surface area contributed by atoms with Gasteiger partial charge in [-0.1, -0.05) is 19.9 Å². The van der Waals surface area contributed by atoms with Crippen LogP contribution < -0.4 is 10.2 Å². The van der Waals surface area contributed by atoms with Crippen LogP contribution in [-0.4, -0.2) is 20.1 Å². The van der Waals surface area contributed by atoms with E-state index in [9.17, 15) is 13.2 Å². The van der Waals surface area contributed by atoms with Crippen LogP contribution in [0.4, 0.5) is 18.9 Å². The summed E-state index contributed by atoms with van der Waals surface area (Å²) in [5, 5.41) is 2.88. The lowest BCUT2D eigenvalue weighted by Gasteiger charge is -2.27.